The molecule has 6 nitrogen and oxygen atoms in total. The summed E-state index contributed by atoms with van der Waals surface area (Å²) in [5.74, 6) is -0.108. The average molecular weight is 667 g/mol. The fraction of sp³-hybridized carbons (Fsp3) is 0.927. The summed E-state index contributed by atoms with van der Waals surface area (Å²) in [6.45, 7) is 8.86. The molecule has 0 aromatic rings. The molecule has 0 saturated carbocycles. The lowest BCUT2D eigenvalue weighted by molar-refractivity contribution is -0.167. The van der Waals surface area contributed by atoms with Gasteiger partial charge in [0.15, 0.2) is 6.10 Å². The third-order valence-corrected chi connectivity index (χ3v) is 9.04. The van der Waals surface area contributed by atoms with E-state index < -0.39 is 6.10 Å². The van der Waals surface area contributed by atoms with E-state index in [0.717, 1.165) is 63.7 Å². The van der Waals surface area contributed by atoms with E-state index in [-0.39, 0.29) is 31.1 Å². The predicted octanol–water partition coefficient (Wildman–Crippen LogP) is 12.4. The van der Waals surface area contributed by atoms with Crippen molar-refractivity contribution in [3.8, 4) is 0 Å². The number of rotatable bonds is 36. The summed E-state index contributed by atoms with van der Waals surface area (Å²) in [7, 11) is 0. The molecule has 0 heterocycles. The molecular formula is C41H78O6. The van der Waals surface area contributed by atoms with E-state index in [9.17, 15) is 14.4 Å². The quantitative estimate of drug-likeness (QED) is 0.0376. The molecule has 0 rings (SSSR count). The van der Waals surface area contributed by atoms with Gasteiger partial charge in [0, 0.05) is 19.3 Å². The Morgan fingerprint density at radius 1 is 0.404 bits per heavy atom. The summed E-state index contributed by atoms with van der Waals surface area (Å²) >= 11 is 0. The Hall–Kier alpha value is -1.59. The molecule has 0 amide bonds. The van der Waals surface area contributed by atoms with Crippen LogP contribution in [0.25, 0.3) is 0 Å². The molecule has 278 valence electrons. The van der Waals surface area contributed by atoms with Crippen LogP contribution in [0, 0.1) is 5.92 Å². The van der Waals surface area contributed by atoms with Crippen LogP contribution in [0.5, 0.6) is 0 Å². The van der Waals surface area contributed by atoms with E-state index in [1.54, 1.807) is 0 Å². The van der Waals surface area contributed by atoms with Crippen molar-refractivity contribution in [2.24, 2.45) is 5.92 Å². The van der Waals surface area contributed by atoms with Crippen molar-refractivity contribution in [1.29, 1.82) is 0 Å². The number of ether oxygens (including phenoxy) is 3. The summed E-state index contributed by atoms with van der Waals surface area (Å²) in [5, 5.41) is 0. The maximum Gasteiger partial charge on any atom is 0.306 e. The Balaban J connectivity index is 4.31. The smallest absolute Gasteiger partial charge is 0.306 e. The van der Waals surface area contributed by atoms with Gasteiger partial charge in [0.1, 0.15) is 13.2 Å². The highest BCUT2D eigenvalue weighted by Gasteiger charge is 2.19. The van der Waals surface area contributed by atoms with E-state index in [2.05, 4.69) is 27.7 Å². The van der Waals surface area contributed by atoms with Crippen molar-refractivity contribution < 1.29 is 28.6 Å². The van der Waals surface area contributed by atoms with Gasteiger partial charge < -0.3 is 14.2 Å². The fourth-order valence-corrected chi connectivity index (χ4v) is 5.92. The molecule has 0 saturated heterocycles. The molecule has 0 spiro atoms. The topological polar surface area (TPSA) is 78.9 Å². The standard InChI is InChI=1S/C41H78O6/c1-5-7-9-11-13-14-15-16-17-18-20-26-30-34-41(44)47-38(35-45-39(42)32-28-24-19-12-10-8-6-2)36-46-40(43)33-29-25-22-21-23-27-31-37(3)4/h37-38H,5-36H2,1-4H3/t38-/m1/s1. The minimum Gasteiger partial charge on any atom is -0.462 e. The first-order valence-electron chi connectivity index (χ1n) is 20.4. The first-order chi connectivity index (χ1) is 22.9. The first kappa shape index (κ1) is 45.4. The average Bonchev–Trinajstić information content (AvgIpc) is 3.05. The van der Waals surface area contributed by atoms with E-state index >= 15 is 0 Å². The number of carbonyl (C=O) groups is 3. The zero-order valence-electron chi connectivity index (χ0n) is 31.7. The van der Waals surface area contributed by atoms with E-state index in [4.69, 9.17) is 14.2 Å². The summed E-state index contributed by atoms with van der Waals surface area (Å²) < 4.78 is 16.6. The highest BCUT2D eigenvalue weighted by atomic mass is 16.6. The van der Waals surface area contributed by atoms with Crippen molar-refractivity contribution in [2.75, 3.05) is 13.2 Å². The molecule has 1 atom stereocenters. The van der Waals surface area contributed by atoms with Crippen molar-refractivity contribution in [3.05, 3.63) is 0 Å². The van der Waals surface area contributed by atoms with E-state index in [1.165, 1.54) is 116 Å². The maximum absolute atomic E-state index is 12.6. The molecule has 47 heavy (non-hydrogen) atoms. The maximum atomic E-state index is 12.6. The Morgan fingerprint density at radius 3 is 1.04 bits per heavy atom. The van der Waals surface area contributed by atoms with Crippen LogP contribution in [0.3, 0.4) is 0 Å². The molecule has 0 aromatic heterocycles. The van der Waals surface area contributed by atoms with Crippen molar-refractivity contribution in [3.63, 3.8) is 0 Å². The second-order valence-electron chi connectivity index (χ2n) is 14.4. The number of unbranched alkanes of at least 4 members (excludes halogenated alkanes) is 23. The lowest BCUT2D eigenvalue weighted by Gasteiger charge is -2.18. The number of hydrogen-bond donors (Lipinski definition) is 0. The van der Waals surface area contributed by atoms with Crippen LogP contribution >= 0.6 is 0 Å². The van der Waals surface area contributed by atoms with Crippen molar-refractivity contribution in [2.45, 2.75) is 226 Å². The van der Waals surface area contributed by atoms with Crippen LogP contribution in [-0.4, -0.2) is 37.2 Å². The molecule has 0 N–H and O–H groups in total. The summed E-state index contributed by atoms with van der Waals surface area (Å²) in [6, 6.07) is 0. The molecule has 0 aliphatic carbocycles. The molecule has 0 fully saturated rings. The summed E-state index contributed by atoms with van der Waals surface area (Å²) in [6.07, 6.45) is 32.5. The van der Waals surface area contributed by atoms with Crippen molar-refractivity contribution in [1.82, 2.24) is 0 Å². The number of esters is 3. The van der Waals surface area contributed by atoms with Gasteiger partial charge in [0.05, 0.1) is 0 Å². The molecule has 0 unspecified atom stereocenters. The van der Waals surface area contributed by atoms with Crippen LogP contribution < -0.4 is 0 Å². The summed E-state index contributed by atoms with van der Waals surface area (Å²) in [4.78, 5) is 37.4. The minimum absolute atomic E-state index is 0.0661. The van der Waals surface area contributed by atoms with Crippen LogP contribution in [0.1, 0.15) is 220 Å². The van der Waals surface area contributed by atoms with Gasteiger partial charge in [-0.3, -0.25) is 14.4 Å². The predicted molar refractivity (Wildman–Crippen MR) is 196 cm³/mol. The van der Waals surface area contributed by atoms with Crippen molar-refractivity contribution >= 4 is 17.9 Å². The highest BCUT2D eigenvalue weighted by Crippen LogP contribution is 2.15. The van der Waals surface area contributed by atoms with Gasteiger partial charge in [-0.25, -0.2) is 0 Å². The normalized spacial score (nSPS) is 11.9. The van der Waals surface area contributed by atoms with Crippen LogP contribution in [0.4, 0.5) is 0 Å². The zero-order chi connectivity index (χ0) is 34.6. The SMILES string of the molecule is CCCCCCCCCCCCCCCC(=O)O[C@H](COC(=O)CCCCCCCCC)COC(=O)CCCCCCCCC(C)C. The fourth-order valence-electron chi connectivity index (χ4n) is 5.92. The van der Waals surface area contributed by atoms with E-state index in [1.807, 2.05) is 0 Å². The highest BCUT2D eigenvalue weighted by molar-refractivity contribution is 5.71. The van der Waals surface area contributed by atoms with Gasteiger partial charge in [0.2, 0.25) is 0 Å². The second kappa shape index (κ2) is 35.7. The van der Waals surface area contributed by atoms with Gasteiger partial charge in [-0.1, -0.05) is 182 Å². The second-order valence-corrected chi connectivity index (χ2v) is 14.4. The largest absolute Gasteiger partial charge is 0.462 e. The van der Waals surface area contributed by atoms with Crippen LogP contribution in [0.15, 0.2) is 0 Å². The summed E-state index contributed by atoms with van der Waals surface area (Å²) in [5.41, 5.74) is 0. The third-order valence-electron chi connectivity index (χ3n) is 9.04. The zero-order valence-corrected chi connectivity index (χ0v) is 31.7. The number of hydrogen-bond acceptors (Lipinski definition) is 6. The third kappa shape index (κ3) is 35.5. The lowest BCUT2D eigenvalue weighted by atomic mass is 10.0. The van der Waals surface area contributed by atoms with Gasteiger partial charge in [-0.05, 0) is 25.2 Å². The van der Waals surface area contributed by atoms with Crippen LogP contribution in [0.2, 0.25) is 0 Å². The number of carbonyl (C=O) groups excluding carboxylic acids is 3. The molecule has 0 aliphatic rings. The van der Waals surface area contributed by atoms with Gasteiger partial charge >= 0.3 is 17.9 Å². The van der Waals surface area contributed by atoms with Crippen LogP contribution in [-0.2, 0) is 28.6 Å². The Kier molecular flexibility index (Phi) is 34.5. The Labute approximate surface area is 291 Å². The molecule has 0 radical (unpaired) electrons. The molecular weight excluding hydrogens is 588 g/mol. The lowest BCUT2D eigenvalue weighted by Crippen LogP contribution is -2.30. The molecule has 0 aromatic carbocycles. The Bertz CT molecular complexity index is 706. The first-order valence-corrected chi connectivity index (χ1v) is 20.4. The Morgan fingerprint density at radius 2 is 0.702 bits per heavy atom. The molecule has 6 heteroatoms. The van der Waals surface area contributed by atoms with Gasteiger partial charge in [0.25, 0.3) is 0 Å². The monoisotopic (exact) mass is 667 g/mol. The van der Waals surface area contributed by atoms with Gasteiger partial charge in [-0.15, -0.1) is 0 Å². The molecule has 0 bridgehead atoms. The minimum atomic E-state index is -0.757. The van der Waals surface area contributed by atoms with Gasteiger partial charge in [-0.2, -0.15) is 0 Å². The van der Waals surface area contributed by atoms with E-state index in [0.29, 0.717) is 19.3 Å². The molecule has 0 aliphatic heterocycles.